The fourth-order valence-corrected chi connectivity index (χ4v) is 9.64. The molecule has 0 bridgehead atoms. The molecule has 0 saturated heterocycles. The lowest BCUT2D eigenvalue weighted by Crippen LogP contribution is -2.45. The Bertz CT molecular complexity index is 1000. The summed E-state index contributed by atoms with van der Waals surface area (Å²) in [7, 11) is 0. The maximum Gasteiger partial charge on any atom is 0.305 e. The molecule has 6 nitrogen and oxygen atoms in total. The normalized spacial score (nSPS) is 12.6. The first-order valence-electron chi connectivity index (χ1n) is 30.4. The third-order valence-electron chi connectivity index (χ3n) is 14.3. The Balaban J connectivity index is 3.47. The number of aliphatic hydroxyl groups excluding tert-OH is 2. The van der Waals surface area contributed by atoms with E-state index in [1.165, 1.54) is 231 Å². The molecule has 398 valence electrons. The van der Waals surface area contributed by atoms with Gasteiger partial charge < -0.3 is 20.3 Å². The highest BCUT2D eigenvalue weighted by Crippen LogP contribution is 2.18. The van der Waals surface area contributed by atoms with E-state index in [4.69, 9.17) is 4.74 Å². The Morgan fingerprint density at radius 2 is 0.701 bits per heavy atom. The predicted octanol–water partition coefficient (Wildman–Crippen LogP) is 18.9. The summed E-state index contributed by atoms with van der Waals surface area (Å²) in [6, 6.07) is -0.560. The molecule has 0 heterocycles. The molecule has 67 heavy (non-hydrogen) atoms. The molecule has 1 amide bonds. The largest absolute Gasteiger partial charge is 0.466 e. The van der Waals surface area contributed by atoms with Crippen molar-refractivity contribution >= 4 is 11.9 Å². The second-order valence-electron chi connectivity index (χ2n) is 21.0. The van der Waals surface area contributed by atoms with E-state index in [1.807, 2.05) is 0 Å². The van der Waals surface area contributed by atoms with Crippen molar-refractivity contribution in [3.8, 4) is 0 Å². The van der Waals surface area contributed by atoms with Gasteiger partial charge in [0.15, 0.2) is 0 Å². The fourth-order valence-electron chi connectivity index (χ4n) is 9.64. The number of unbranched alkanes of at least 4 members (excludes halogenated alkanes) is 44. The molecule has 2 unspecified atom stereocenters. The van der Waals surface area contributed by atoms with Crippen LogP contribution in [0.3, 0.4) is 0 Å². The van der Waals surface area contributed by atoms with Crippen LogP contribution in [-0.4, -0.2) is 47.4 Å². The van der Waals surface area contributed by atoms with Crippen LogP contribution in [0.1, 0.15) is 341 Å². The van der Waals surface area contributed by atoms with Gasteiger partial charge in [-0.15, -0.1) is 0 Å². The summed E-state index contributed by atoms with van der Waals surface area (Å²) in [5.41, 5.74) is 0. The summed E-state index contributed by atoms with van der Waals surface area (Å²) in [5.74, 6) is -0.0764. The van der Waals surface area contributed by atoms with Crippen molar-refractivity contribution in [2.45, 2.75) is 353 Å². The molecule has 6 heteroatoms. The molecule has 0 saturated carbocycles. The summed E-state index contributed by atoms with van der Waals surface area (Å²) in [5, 5.41) is 23.4. The highest BCUT2D eigenvalue weighted by atomic mass is 16.5. The van der Waals surface area contributed by atoms with Gasteiger partial charge >= 0.3 is 5.97 Å². The van der Waals surface area contributed by atoms with Crippen molar-refractivity contribution in [2.75, 3.05) is 13.2 Å². The Morgan fingerprint density at radius 1 is 0.403 bits per heavy atom. The first kappa shape index (κ1) is 65.6. The van der Waals surface area contributed by atoms with E-state index in [0.29, 0.717) is 25.9 Å². The van der Waals surface area contributed by atoms with E-state index in [-0.39, 0.29) is 18.5 Å². The van der Waals surface area contributed by atoms with Gasteiger partial charge in [-0.25, -0.2) is 0 Å². The molecular formula is C61H119NO5. The number of rotatable bonds is 57. The summed E-state index contributed by atoms with van der Waals surface area (Å²) < 4.78 is 5.45. The van der Waals surface area contributed by atoms with Crippen molar-refractivity contribution in [1.29, 1.82) is 0 Å². The van der Waals surface area contributed by atoms with Gasteiger partial charge in [0.1, 0.15) is 0 Å². The van der Waals surface area contributed by atoms with Gasteiger partial charge in [-0.1, -0.05) is 283 Å². The minimum Gasteiger partial charge on any atom is -0.466 e. The van der Waals surface area contributed by atoms with Gasteiger partial charge in [-0.2, -0.15) is 0 Å². The van der Waals surface area contributed by atoms with Gasteiger partial charge in [0, 0.05) is 12.8 Å². The lowest BCUT2D eigenvalue weighted by molar-refractivity contribution is -0.143. The first-order valence-corrected chi connectivity index (χ1v) is 30.4. The monoisotopic (exact) mass is 946 g/mol. The summed E-state index contributed by atoms with van der Waals surface area (Å²) >= 11 is 0. The number of hydrogen-bond donors (Lipinski definition) is 3. The first-order chi connectivity index (χ1) is 33.0. The van der Waals surface area contributed by atoms with E-state index in [1.54, 1.807) is 0 Å². The zero-order valence-corrected chi connectivity index (χ0v) is 45.4. The lowest BCUT2D eigenvalue weighted by Gasteiger charge is -2.22. The maximum atomic E-state index is 12.5. The maximum absolute atomic E-state index is 12.5. The van der Waals surface area contributed by atoms with Crippen LogP contribution in [0.25, 0.3) is 0 Å². The standard InChI is InChI=1S/C61H119NO5/c1-3-5-7-9-11-13-15-17-18-19-20-21-22-23-24-25-26-27-28-30-33-37-41-45-49-53-59(64)58(57-63)62-60(65)54-50-46-42-38-34-31-32-36-40-44-48-52-56-67-61(66)55-51-47-43-39-35-29-16-14-12-10-8-6-4-2/h32,36,58-59,63-64H,3-31,33-35,37-57H2,1-2H3,(H,62,65)/b36-32-. The van der Waals surface area contributed by atoms with Crippen LogP contribution in [0.15, 0.2) is 12.2 Å². The van der Waals surface area contributed by atoms with Crippen molar-refractivity contribution < 1.29 is 24.5 Å². The highest BCUT2D eigenvalue weighted by Gasteiger charge is 2.20. The Morgan fingerprint density at radius 3 is 1.06 bits per heavy atom. The molecule has 2 atom stereocenters. The van der Waals surface area contributed by atoms with E-state index < -0.39 is 12.1 Å². The average molecular weight is 947 g/mol. The van der Waals surface area contributed by atoms with Crippen LogP contribution in [0, 0.1) is 0 Å². The van der Waals surface area contributed by atoms with E-state index in [9.17, 15) is 19.8 Å². The zero-order valence-electron chi connectivity index (χ0n) is 45.4. The molecule has 0 aliphatic rings. The Labute approximate surface area is 419 Å². The van der Waals surface area contributed by atoms with Crippen LogP contribution >= 0.6 is 0 Å². The summed E-state index contributed by atoms with van der Waals surface area (Å²) in [6.45, 7) is 4.92. The minimum atomic E-state index is -0.681. The third-order valence-corrected chi connectivity index (χ3v) is 14.3. The second-order valence-corrected chi connectivity index (χ2v) is 21.0. The van der Waals surface area contributed by atoms with Crippen molar-refractivity contribution in [3.63, 3.8) is 0 Å². The molecule has 0 rings (SSSR count). The zero-order chi connectivity index (χ0) is 48.6. The van der Waals surface area contributed by atoms with E-state index in [0.717, 1.165) is 77.0 Å². The van der Waals surface area contributed by atoms with Crippen LogP contribution in [-0.2, 0) is 14.3 Å². The van der Waals surface area contributed by atoms with Gasteiger partial charge in [-0.3, -0.25) is 9.59 Å². The smallest absolute Gasteiger partial charge is 0.305 e. The molecule has 3 N–H and O–H groups in total. The SMILES string of the molecule is CCCCCCCCCCCCCCCCCCCCCCCCCCCC(O)C(CO)NC(=O)CCCCCCC/C=C\CCCCCOC(=O)CCCCCCCCCCCCCCC. The van der Waals surface area contributed by atoms with Crippen molar-refractivity contribution in [2.24, 2.45) is 0 Å². The van der Waals surface area contributed by atoms with Crippen LogP contribution in [0.5, 0.6) is 0 Å². The highest BCUT2D eigenvalue weighted by molar-refractivity contribution is 5.76. The van der Waals surface area contributed by atoms with Crippen LogP contribution in [0.4, 0.5) is 0 Å². The number of carbonyl (C=O) groups is 2. The molecule has 0 aromatic rings. The molecule has 0 radical (unpaired) electrons. The van der Waals surface area contributed by atoms with Crippen LogP contribution < -0.4 is 5.32 Å². The molecule has 0 aliphatic carbocycles. The number of ether oxygens (including phenoxy) is 1. The molecule has 0 aliphatic heterocycles. The Hall–Kier alpha value is -1.40. The van der Waals surface area contributed by atoms with Gasteiger partial charge in [0.05, 0.1) is 25.4 Å². The number of amides is 1. The quantitative estimate of drug-likeness (QED) is 0.0321. The predicted molar refractivity (Wildman–Crippen MR) is 292 cm³/mol. The number of hydrogen-bond acceptors (Lipinski definition) is 5. The number of nitrogens with one attached hydrogen (secondary N) is 1. The van der Waals surface area contributed by atoms with Gasteiger partial charge in [0.2, 0.25) is 5.91 Å². The molecule has 0 fully saturated rings. The third kappa shape index (κ3) is 53.8. The summed E-state index contributed by atoms with van der Waals surface area (Å²) in [4.78, 5) is 24.5. The number of esters is 1. The minimum absolute atomic E-state index is 0.0199. The van der Waals surface area contributed by atoms with Gasteiger partial charge in [0.25, 0.3) is 0 Å². The summed E-state index contributed by atoms with van der Waals surface area (Å²) in [6.07, 6.45) is 67.9. The fraction of sp³-hybridized carbons (Fsp3) is 0.934. The van der Waals surface area contributed by atoms with Crippen LogP contribution in [0.2, 0.25) is 0 Å². The van der Waals surface area contributed by atoms with Crippen molar-refractivity contribution in [1.82, 2.24) is 5.32 Å². The lowest BCUT2D eigenvalue weighted by atomic mass is 10.0. The van der Waals surface area contributed by atoms with E-state index >= 15 is 0 Å². The molecule has 0 aromatic carbocycles. The Kier molecular flexibility index (Phi) is 56.0. The average Bonchev–Trinajstić information content (AvgIpc) is 3.33. The van der Waals surface area contributed by atoms with Crippen molar-refractivity contribution in [3.05, 3.63) is 12.2 Å². The topological polar surface area (TPSA) is 95.9 Å². The number of aliphatic hydroxyl groups is 2. The molecule has 0 aromatic heterocycles. The number of allylic oxidation sites excluding steroid dienone is 2. The molecule has 0 spiro atoms. The number of carbonyl (C=O) groups excluding carboxylic acids is 2. The second kappa shape index (κ2) is 57.2. The van der Waals surface area contributed by atoms with E-state index in [2.05, 4.69) is 31.3 Å². The molecular weight excluding hydrogens is 827 g/mol. The van der Waals surface area contributed by atoms with Gasteiger partial charge in [-0.05, 0) is 57.8 Å².